The summed E-state index contributed by atoms with van der Waals surface area (Å²) in [5, 5.41) is 3.01. The molecular formula is C26H45NO10. The minimum atomic E-state index is 0.437. The molecule has 1 aromatic rings. The highest BCUT2D eigenvalue weighted by atomic mass is 16.6. The molecule has 0 fully saturated rings. The van der Waals surface area contributed by atoms with E-state index in [1.165, 1.54) is 0 Å². The van der Waals surface area contributed by atoms with Crippen LogP contribution in [0.1, 0.15) is 10.4 Å². The lowest BCUT2D eigenvalue weighted by atomic mass is 10.2. The Morgan fingerprint density at radius 1 is 0.514 bits per heavy atom. The van der Waals surface area contributed by atoms with E-state index >= 15 is 0 Å². The van der Waals surface area contributed by atoms with Gasteiger partial charge in [-0.05, 0) is 31.3 Å². The molecule has 37 heavy (non-hydrogen) atoms. The third kappa shape index (κ3) is 23.2. The first-order valence-electron chi connectivity index (χ1n) is 12.8. The van der Waals surface area contributed by atoms with Crippen LogP contribution in [0.3, 0.4) is 0 Å². The van der Waals surface area contributed by atoms with Crippen molar-refractivity contribution in [2.24, 2.45) is 0 Å². The molecule has 0 atom stereocenters. The fourth-order valence-corrected chi connectivity index (χ4v) is 2.68. The van der Waals surface area contributed by atoms with Crippen molar-refractivity contribution in [1.29, 1.82) is 0 Å². The van der Waals surface area contributed by atoms with E-state index in [0.717, 1.165) is 12.8 Å². The molecule has 0 saturated heterocycles. The number of carbonyl (C=O) groups is 1. The summed E-state index contributed by atoms with van der Waals surface area (Å²) >= 11 is 0. The molecule has 1 aromatic carbocycles. The second-order valence-electron chi connectivity index (χ2n) is 7.54. The van der Waals surface area contributed by atoms with E-state index in [9.17, 15) is 4.79 Å². The van der Waals surface area contributed by atoms with E-state index in [1.54, 1.807) is 24.3 Å². The molecule has 0 radical (unpaired) electrons. The van der Waals surface area contributed by atoms with Gasteiger partial charge >= 0.3 is 0 Å². The van der Waals surface area contributed by atoms with Gasteiger partial charge in [0.05, 0.1) is 106 Å². The Labute approximate surface area is 220 Å². The molecule has 0 bridgehead atoms. The number of ether oxygens (including phenoxy) is 9. The van der Waals surface area contributed by atoms with Crippen molar-refractivity contribution >= 4 is 6.29 Å². The average molecular weight is 532 g/mol. The smallest absolute Gasteiger partial charge is 0.150 e. The van der Waals surface area contributed by atoms with E-state index in [4.69, 9.17) is 42.6 Å². The lowest BCUT2D eigenvalue weighted by molar-refractivity contribution is -0.0235. The van der Waals surface area contributed by atoms with Crippen molar-refractivity contribution in [2.45, 2.75) is 0 Å². The van der Waals surface area contributed by atoms with Gasteiger partial charge in [0.15, 0.2) is 0 Å². The highest BCUT2D eigenvalue weighted by molar-refractivity contribution is 5.74. The molecule has 1 rings (SSSR count). The molecular weight excluding hydrogens is 486 g/mol. The van der Waals surface area contributed by atoms with Gasteiger partial charge in [-0.3, -0.25) is 4.79 Å². The van der Waals surface area contributed by atoms with Crippen LogP contribution in [0.2, 0.25) is 0 Å². The third-order valence-electron chi connectivity index (χ3n) is 4.61. The SMILES string of the molecule is CNCCOCCOCCOCCOCCOCCOCCOCCOCCOc1ccc(C=O)cc1. The van der Waals surface area contributed by atoms with Gasteiger partial charge in [-0.25, -0.2) is 0 Å². The second kappa shape index (κ2) is 27.4. The number of rotatable bonds is 29. The fraction of sp³-hybridized carbons (Fsp3) is 0.731. The molecule has 0 aromatic heterocycles. The van der Waals surface area contributed by atoms with E-state index in [0.29, 0.717) is 124 Å². The van der Waals surface area contributed by atoms with E-state index in [1.807, 2.05) is 7.05 Å². The predicted octanol–water partition coefficient (Wildman–Crippen LogP) is 1.23. The molecule has 1 N–H and O–H groups in total. The average Bonchev–Trinajstić information content (AvgIpc) is 2.93. The van der Waals surface area contributed by atoms with Gasteiger partial charge < -0.3 is 47.9 Å². The summed E-state index contributed by atoms with van der Waals surface area (Å²) in [7, 11) is 1.89. The van der Waals surface area contributed by atoms with Gasteiger partial charge in [0, 0.05) is 12.1 Å². The lowest BCUT2D eigenvalue weighted by Gasteiger charge is -2.09. The molecule has 0 heterocycles. The van der Waals surface area contributed by atoms with Crippen molar-refractivity contribution < 1.29 is 47.4 Å². The Morgan fingerprint density at radius 3 is 1.16 bits per heavy atom. The van der Waals surface area contributed by atoms with Gasteiger partial charge in [-0.1, -0.05) is 0 Å². The summed E-state index contributed by atoms with van der Waals surface area (Å²) in [6, 6.07) is 6.94. The minimum Gasteiger partial charge on any atom is -0.491 e. The molecule has 0 amide bonds. The molecule has 0 saturated carbocycles. The summed E-state index contributed by atoms with van der Waals surface area (Å²) in [5.41, 5.74) is 0.621. The highest BCUT2D eigenvalue weighted by Gasteiger charge is 1.97. The Hall–Kier alpha value is -1.67. The van der Waals surface area contributed by atoms with Crippen LogP contribution >= 0.6 is 0 Å². The van der Waals surface area contributed by atoms with E-state index in [-0.39, 0.29) is 0 Å². The number of hydrogen-bond acceptors (Lipinski definition) is 11. The number of benzene rings is 1. The maximum atomic E-state index is 10.6. The van der Waals surface area contributed by atoms with Gasteiger partial charge in [0.1, 0.15) is 18.6 Å². The third-order valence-corrected chi connectivity index (χ3v) is 4.61. The number of aldehydes is 1. The standard InChI is InChI=1S/C26H45NO10/c1-27-6-7-29-8-9-30-10-11-31-12-13-32-14-15-33-16-17-34-18-19-35-20-21-36-22-23-37-26-4-2-25(24-28)3-5-26/h2-5,24,27H,6-23H2,1H3. The van der Waals surface area contributed by atoms with Crippen LogP contribution in [0.15, 0.2) is 24.3 Å². The molecule has 0 aliphatic heterocycles. The summed E-state index contributed by atoms with van der Waals surface area (Å²) in [6.07, 6.45) is 0.799. The normalized spacial score (nSPS) is 11.2. The monoisotopic (exact) mass is 531 g/mol. The van der Waals surface area contributed by atoms with E-state index in [2.05, 4.69) is 5.32 Å². The van der Waals surface area contributed by atoms with Crippen LogP contribution in [0.25, 0.3) is 0 Å². The Kier molecular flexibility index (Phi) is 24.7. The first kappa shape index (κ1) is 33.4. The fourth-order valence-electron chi connectivity index (χ4n) is 2.68. The second-order valence-corrected chi connectivity index (χ2v) is 7.54. The molecule has 0 aliphatic carbocycles. The van der Waals surface area contributed by atoms with Crippen molar-refractivity contribution in [3.63, 3.8) is 0 Å². The van der Waals surface area contributed by atoms with Crippen molar-refractivity contribution in [2.75, 3.05) is 126 Å². The zero-order valence-corrected chi connectivity index (χ0v) is 22.2. The lowest BCUT2D eigenvalue weighted by Crippen LogP contribution is -2.17. The van der Waals surface area contributed by atoms with Crippen molar-refractivity contribution in [3.05, 3.63) is 29.8 Å². The summed E-state index contributed by atoms with van der Waals surface area (Å²) < 4.78 is 49.0. The van der Waals surface area contributed by atoms with Crippen molar-refractivity contribution in [3.8, 4) is 5.75 Å². The number of nitrogens with one attached hydrogen (secondary N) is 1. The van der Waals surface area contributed by atoms with Crippen LogP contribution in [0.4, 0.5) is 0 Å². The van der Waals surface area contributed by atoms with Crippen molar-refractivity contribution in [1.82, 2.24) is 5.32 Å². The molecule has 11 heteroatoms. The molecule has 0 spiro atoms. The summed E-state index contributed by atoms with van der Waals surface area (Å²) in [5.74, 6) is 0.708. The molecule has 0 aliphatic rings. The topological polar surface area (TPSA) is 112 Å². The first-order chi connectivity index (χ1) is 18.4. The van der Waals surface area contributed by atoms with E-state index < -0.39 is 0 Å². The van der Waals surface area contributed by atoms with Crippen LogP contribution in [-0.4, -0.2) is 132 Å². The van der Waals surface area contributed by atoms with Gasteiger partial charge in [0.2, 0.25) is 0 Å². The largest absolute Gasteiger partial charge is 0.491 e. The minimum absolute atomic E-state index is 0.437. The van der Waals surface area contributed by atoms with Gasteiger partial charge in [-0.15, -0.1) is 0 Å². The number of carbonyl (C=O) groups excluding carboxylic acids is 1. The molecule has 11 nitrogen and oxygen atoms in total. The summed E-state index contributed by atoms with van der Waals surface area (Å²) in [4.78, 5) is 10.6. The zero-order valence-electron chi connectivity index (χ0n) is 22.2. The number of hydrogen-bond donors (Lipinski definition) is 1. The van der Waals surface area contributed by atoms with Crippen LogP contribution in [0.5, 0.6) is 5.75 Å². The van der Waals surface area contributed by atoms with Crippen LogP contribution in [0, 0.1) is 0 Å². The van der Waals surface area contributed by atoms with Gasteiger partial charge in [-0.2, -0.15) is 0 Å². The first-order valence-corrected chi connectivity index (χ1v) is 12.8. The maximum Gasteiger partial charge on any atom is 0.150 e. The van der Waals surface area contributed by atoms with Crippen LogP contribution in [-0.2, 0) is 37.9 Å². The number of likely N-dealkylation sites (N-methyl/N-ethyl adjacent to an activating group) is 1. The highest BCUT2D eigenvalue weighted by Crippen LogP contribution is 2.10. The van der Waals surface area contributed by atoms with Gasteiger partial charge in [0.25, 0.3) is 0 Å². The Bertz CT molecular complexity index is 606. The Morgan fingerprint density at radius 2 is 0.838 bits per heavy atom. The Balaban J connectivity index is 1.67. The quantitative estimate of drug-likeness (QED) is 0.119. The summed E-state index contributed by atoms with van der Waals surface area (Å²) in [6.45, 7) is 9.80. The molecule has 0 unspecified atom stereocenters. The molecule has 214 valence electrons. The predicted molar refractivity (Wildman–Crippen MR) is 138 cm³/mol. The van der Waals surface area contributed by atoms with Crippen LogP contribution < -0.4 is 10.1 Å². The maximum absolute atomic E-state index is 10.6. The zero-order chi connectivity index (χ0) is 26.5.